The van der Waals surface area contributed by atoms with E-state index in [4.69, 9.17) is 16.3 Å². The van der Waals surface area contributed by atoms with E-state index in [1.165, 1.54) is 11.1 Å². The molecular formula is C28H33ClF2N6O7. The van der Waals surface area contributed by atoms with Crippen LogP contribution in [0.2, 0.25) is 5.02 Å². The number of halogens is 3. The van der Waals surface area contributed by atoms with E-state index in [2.05, 4.69) is 15.4 Å². The van der Waals surface area contributed by atoms with Gasteiger partial charge in [0.2, 0.25) is 0 Å². The van der Waals surface area contributed by atoms with Crippen LogP contribution in [-0.4, -0.2) is 99.0 Å². The van der Waals surface area contributed by atoms with Gasteiger partial charge in [-0.25, -0.2) is 13.5 Å². The summed E-state index contributed by atoms with van der Waals surface area (Å²) < 4.78 is 37.0. The minimum Gasteiger partial charge on any atom is -0.481 e. The lowest BCUT2D eigenvalue weighted by molar-refractivity contribution is -0.202. The molecule has 0 radical (unpaired) electrons. The van der Waals surface area contributed by atoms with E-state index in [0.717, 1.165) is 29.7 Å². The van der Waals surface area contributed by atoms with Gasteiger partial charge in [-0.05, 0) is 31.0 Å². The van der Waals surface area contributed by atoms with Crippen LogP contribution in [0, 0.1) is 17.6 Å². The number of ether oxygens (including phenoxy) is 1. The average Bonchev–Trinajstić information content (AvgIpc) is 3.63. The number of carbonyl (C=O) groups excluding carboxylic acids is 1. The molecule has 4 N–H and O–H groups in total. The van der Waals surface area contributed by atoms with Gasteiger partial charge in [0.15, 0.2) is 0 Å². The number of nitrogens with zero attached hydrogens (tertiary/aromatic N) is 6. The summed E-state index contributed by atoms with van der Waals surface area (Å²) in [6.45, 7) is -0.681. The number of carboxylic acids is 1. The Morgan fingerprint density at radius 2 is 1.89 bits per heavy atom. The van der Waals surface area contributed by atoms with Crippen LogP contribution in [0.15, 0.2) is 30.6 Å². The number of hydrogen-bond acceptors (Lipinski definition) is 9. The summed E-state index contributed by atoms with van der Waals surface area (Å²) in [6.07, 6.45) is -0.526. The minimum atomic E-state index is -1.55. The molecule has 16 heteroatoms. The number of aryl methyl sites for hydroxylation is 1. The summed E-state index contributed by atoms with van der Waals surface area (Å²) in [6, 6.07) is 1.75. The van der Waals surface area contributed by atoms with Crippen LogP contribution >= 0.6 is 11.6 Å². The quantitative estimate of drug-likeness (QED) is 0.252. The van der Waals surface area contributed by atoms with Crippen molar-refractivity contribution in [2.24, 2.45) is 13.0 Å². The number of carbonyl (C=O) groups is 2. The van der Waals surface area contributed by atoms with Gasteiger partial charge in [0, 0.05) is 24.7 Å². The maximum absolute atomic E-state index is 14.4. The molecule has 1 aliphatic carbocycles. The van der Waals surface area contributed by atoms with Crippen molar-refractivity contribution < 1.29 is 43.5 Å². The SMILES string of the molecule is Cn1nccc1CN(C(=O)[C@@H]1O[C@H](CO)[C@H](O)[C@@H](n2cc(-c3cc(F)c(Cl)c(F)c3)nn2)[C@H]1CC(=O)O)[C@H]1CCCC[C@@H]1O. The number of amides is 1. The second-order valence-electron chi connectivity index (χ2n) is 11.2. The molecule has 1 aliphatic heterocycles. The molecule has 2 fully saturated rings. The molecule has 0 bridgehead atoms. The molecule has 1 amide bonds. The molecule has 1 aromatic carbocycles. The predicted octanol–water partition coefficient (Wildman–Crippen LogP) is 1.70. The first kappa shape index (κ1) is 31.9. The standard InChI is InChI=1S/C28H33ClF2N6O7/c1-35-15(6-7-32-35)11-36(20-4-2-3-5-21(20)39)28(43)27-16(10-23(40)41)25(26(42)22(13-38)44-27)37-12-19(33-34-37)14-8-17(30)24(29)18(31)9-14/h6-9,12,16,20-22,25-27,38-39,42H,2-5,10-11,13H2,1H3,(H,40,41)/t16-,20+,21+,22-,25+,26+,27-/m1/s1. The Morgan fingerprint density at radius 1 is 1.18 bits per heavy atom. The van der Waals surface area contributed by atoms with Gasteiger partial charge in [-0.3, -0.25) is 14.3 Å². The summed E-state index contributed by atoms with van der Waals surface area (Å²) in [5.74, 6) is -5.23. The van der Waals surface area contributed by atoms with Gasteiger partial charge < -0.3 is 30.1 Å². The van der Waals surface area contributed by atoms with Gasteiger partial charge in [0.25, 0.3) is 5.91 Å². The first-order valence-electron chi connectivity index (χ1n) is 14.2. The fourth-order valence-electron chi connectivity index (χ4n) is 6.16. The number of benzene rings is 1. The fourth-order valence-corrected chi connectivity index (χ4v) is 6.27. The highest BCUT2D eigenvalue weighted by Gasteiger charge is 2.52. The second kappa shape index (κ2) is 13.2. The topological polar surface area (TPSA) is 176 Å². The molecule has 13 nitrogen and oxygen atoms in total. The van der Waals surface area contributed by atoms with Crippen LogP contribution < -0.4 is 0 Å². The Hall–Kier alpha value is -3.50. The number of aliphatic hydroxyl groups is 3. The van der Waals surface area contributed by atoms with Crippen molar-refractivity contribution in [1.82, 2.24) is 29.7 Å². The number of carboxylic acid groups (broad SMARTS) is 1. The van der Waals surface area contributed by atoms with Crippen LogP contribution in [-0.2, 0) is 27.9 Å². The normalized spacial score (nSPS) is 27.3. The third-order valence-corrected chi connectivity index (χ3v) is 8.80. The molecule has 238 valence electrons. The molecule has 0 spiro atoms. The van der Waals surface area contributed by atoms with Crippen LogP contribution in [0.25, 0.3) is 11.3 Å². The van der Waals surface area contributed by atoms with E-state index in [9.17, 15) is 38.8 Å². The minimum absolute atomic E-state index is 0.0150. The van der Waals surface area contributed by atoms with Crippen molar-refractivity contribution >= 4 is 23.5 Å². The van der Waals surface area contributed by atoms with E-state index < -0.39 is 84.0 Å². The maximum atomic E-state index is 14.4. The zero-order chi connectivity index (χ0) is 31.7. The van der Waals surface area contributed by atoms with Crippen molar-refractivity contribution in [2.75, 3.05) is 6.61 Å². The van der Waals surface area contributed by atoms with E-state index in [-0.39, 0.29) is 17.8 Å². The first-order chi connectivity index (χ1) is 21.0. The number of aliphatic carboxylic acids is 1. The zero-order valence-corrected chi connectivity index (χ0v) is 24.5. The van der Waals surface area contributed by atoms with Gasteiger partial charge in [0.1, 0.15) is 40.7 Å². The van der Waals surface area contributed by atoms with Crippen molar-refractivity contribution in [3.05, 3.63) is 52.9 Å². The lowest BCUT2D eigenvalue weighted by Crippen LogP contribution is -2.60. The first-order valence-corrected chi connectivity index (χ1v) is 14.6. The molecule has 3 aromatic rings. The lowest BCUT2D eigenvalue weighted by atomic mass is 9.81. The maximum Gasteiger partial charge on any atom is 0.303 e. The number of aliphatic hydroxyl groups excluding tert-OH is 3. The molecule has 3 heterocycles. The molecule has 5 rings (SSSR count). The van der Waals surface area contributed by atoms with Crippen LogP contribution in [0.3, 0.4) is 0 Å². The molecular weight excluding hydrogens is 606 g/mol. The highest BCUT2D eigenvalue weighted by atomic mass is 35.5. The van der Waals surface area contributed by atoms with Gasteiger partial charge in [-0.15, -0.1) is 5.10 Å². The molecule has 2 aromatic heterocycles. The summed E-state index contributed by atoms with van der Waals surface area (Å²) in [5.41, 5.74) is 0.617. The Morgan fingerprint density at radius 3 is 2.50 bits per heavy atom. The molecule has 7 atom stereocenters. The summed E-state index contributed by atoms with van der Waals surface area (Å²) in [5, 5.41) is 53.6. The van der Waals surface area contributed by atoms with Gasteiger partial charge >= 0.3 is 5.97 Å². The zero-order valence-electron chi connectivity index (χ0n) is 23.7. The van der Waals surface area contributed by atoms with Crippen LogP contribution in [0.4, 0.5) is 8.78 Å². The number of hydrogen-bond donors (Lipinski definition) is 4. The Labute approximate surface area is 255 Å². The molecule has 44 heavy (non-hydrogen) atoms. The highest BCUT2D eigenvalue weighted by molar-refractivity contribution is 6.31. The fraction of sp³-hybridized carbons (Fsp3) is 0.536. The Bertz CT molecular complexity index is 1480. The molecule has 1 saturated heterocycles. The van der Waals surface area contributed by atoms with Crippen molar-refractivity contribution in [3.8, 4) is 11.3 Å². The second-order valence-corrected chi connectivity index (χ2v) is 11.6. The lowest BCUT2D eigenvalue weighted by Gasteiger charge is -2.46. The summed E-state index contributed by atoms with van der Waals surface area (Å²) >= 11 is 5.60. The predicted molar refractivity (Wildman–Crippen MR) is 149 cm³/mol. The molecule has 2 aliphatic rings. The smallest absolute Gasteiger partial charge is 0.303 e. The monoisotopic (exact) mass is 638 g/mol. The summed E-state index contributed by atoms with van der Waals surface area (Å²) in [7, 11) is 1.70. The number of rotatable bonds is 9. The molecule has 0 unspecified atom stereocenters. The highest BCUT2D eigenvalue weighted by Crippen LogP contribution is 2.39. The largest absolute Gasteiger partial charge is 0.481 e. The molecule has 1 saturated carbocycles. The van der Waals surface area contributed by atoms with Gasteiger partial charge in [-0.1, -0.05) is 29.7 Å². The van der Waals surface area contributed by atoms with E-state index in [1.54, 1.807) is 24.0 Å². The van der Waals surface area contributed by atoms with Crippen molar-refractivity contribution in [2.45, 2.75) is 75.1 Å². The Balaban J connectivity index is 1.54. The van der Waals surface area contributed by atoms with Crippen LogP contribution in [0.1, 0.15) is 43.8 Å². The van der Waals surface area contributed by atoms with Gasteiger partial charge in [0.05, 0.1) is 49.7 Å². The average molecular weight is 639 g/mol. The third-order valence-electron chi connectivity index (χ3n) is 8.44. The van der Waals surface area contributed by atoms with E-state index >= 15 is 0 Å². The van der Waals surface area contributed by atoms with Crippen molar-refractivity contribution in [3.63, 3.8) is 0 Å². The van der Waals surface area contributed by atoms with E-state index in [1.807, 2.05) is 0 Å². The van der Waals surface area contributed by atoms with Crippen LogP contribution in [0.5, 0.6) is 0 Å². The summed E-state index contributed by atoms with van der Waals surface area (Å²) in [4.78, 5) is 28.0. The van der Waals surface area contributed by atoms with Crippen molar-refractivity contribution in [1.29, 1.82) is 0 Å². The number of aromatic nitrogens is 5. The Kier molecular flexibility index (Phi) is 9.60. The van der Waals surface area contributed by atoms with Gasteiger partial charge in [-0.2, -0.15) is 5.10 Å². The van der Waals surface area contributed by atoms with E-state index in [0.29, 0.717) is 18.5 Å². The third kappa shape index (κ3) is 6.33.